The standard InChI is InChI=1S/C16H23N7O4/c1-2-27-13(26)7-10-14(22-5-3-18-11(24)8-22)20-16(17)21-15(10)23-6-4-19-12(25)9-23/h2-9H2,1H3,(H,18,24)(H,19,25)(H2,17,20,21). The maximum Gasteiger partial charge on any atom is 0.310 e. The van der Waals surface area contributed by atoms with Gasteiger partial charge in [-0.15, -0.1) is 0 Å². The summed E-state index contributed by atoms with van der Waals surface area (Å²) >= 11 is 0. The second-order valence-corrected chi connectivity index (χ2v) is 6.23. The zero-order valence-electron chi connectivity index (χ0n) is 15.2. The van der Waals surface area contributed by atoms with Gasteiger partial charge < -0.3 is 30.9 Å². The van der Waals surface area contributed by atoms with Crippen molar-refractivity contribution in [2.45, 2.75) is 13.3 Å². The molecular weight excluding hydrogens is 354 g/mol. The molecule has 4 N–H and O–H groups in total. The van der Waals surface area contributed by atoms with Crippen LogP contribution in [0.25, 0.3) is 0 Å². The highest BCUT2D eigenvalue weighted by atomic mass is 16.5. The first-order valence-corrected chi connectivity index (χ1v) is 8.83. The summed E-state index contributed by atoms with van der Waals surface area (Å²) < 4.78 is 5.08. The molecule has 2 fully saturated rings. The highest BCUT2D eigenvalue weighted by Crippen LogP contribution is 2.30. The highest BCUT2D eigenvalue weighted by molar-refractivity contribution is 5.86. The van der Waals surface area contributed by atoms with Gasteiger partial charge in [0.1, 0.15) is 11.6 Å². The fourth-order valence-corrected chi connectivity index (χ4v) is 3.15. The molecule has 2 amide bonds. The van der Waals surface area contributed by atoms with Gasteiger partial charge in [-0.25, -0.2) is 0 Å². The van der Waals surface area contributed by atoms with E-state index in [4.69, 9.17) is 10.5 Å². The minimum atomic E-state index is -0.434. The summed E-state index contributed by atoms with van der Waals surface area (Å²) in [6, 6.07) is 0. The van der Waals surface area contributed by atoms with E-state index in [0.29, 0.717) is 43.4 Å². The van der Waals surface area contributed by atoms with Gasteiger partial charge >= 0.3 is 5.97 Å². The molecule has 0 radical (unpaired) electrons. The molecule has 3 heterocycles. The maximum absolute atomic E-state index is 12.2. The predicted octanol–water partition coefficient (Wildman–Crippen LogP) is -1.96. The summed E-state index contributed by atoms with van der Waals surface area (Å²) in [5.74, 6) is 0.150. The topological polar surface area (TPSA) is 143 Å². The van der Waals surface area contributed by atoms with Crippen LogP contribution in [-0.4, -0.2) is 73.6 Å². The van der Waals surface area contributed by atoms with Gasteiger partial charge in [0.15, 0.2) is 0 Å². The fourth-order valence-electron chi connectivity index (χ4n) is 3.15. The Morgan fingerprint density at radius 1 is 1.07 bits per heavy atom. The molecule has 0 saturated carbocycles. The molecule has 11 heteroatoms. The van der Waals surface area contributed by atoms with E-state index >= 15 is 0 Å². The predicted molar refractivity (Wildman–Crippen MR) is 97.2 cm³/mol. The summed E-state index contributed by atoms with van der Waals surface area (Å²) in [6.45, 7) is 4.15. The maximum atomic E-state index is 12.2. The summed E-state index contributed by atoms with van der Waals surface area (Å²) in [5.41, 5.74) is 6.41. The molecule has 0 aromatic carbocycles. The van der Waals surface area contributed by atoms with Crippen LogP contribution < -0.4 is 26.2 Å². The van der Waals surface area contributed by atoms with Crippen LogP contribution in [0.15, 0.2) is 0 Å². The van der Waals surface area contributed by atoms with E-state index in [9.17, 15) is 14.4 Å². The lowest BCUT2D eigenvalue weighted by molar-refractivity contribution is -0.142. The molecule has 2 saturated heterocycles. The van der Waals surface area contributed by atoms with Crippen LogP contribution in [0.5, 0.6) is 0 Å². The van der Waals surface area contributed by atoms with Crippen LogP contribution in [-0.2, 0) is 25.5 Å². The summed E-state index contributed by atoms with van der Waals surface area (Å²) in [7, 11) is 0. The van der Waals surface area contributed by atoms with Crippen LogP contribution >= 0.6 is 0 Å². The first-order valence-electron chi connectivity index (χ1n) is 8.83. The second kappa shape index (κ2) is 8.06. The van der Waals surface area contributed by atoms with Gasteiger partial charge in [-0.3, -0.25) is 14.4 Å². The summed E-state index contributed by atoms with van der Waals surface area (Å²) in [5, 5.41) is 5.50. The molecule has 0 spiro atoms. The van der Waals surface area contributed by atoms with E-state index in [2.05, 4.69) is 20.6 Å². The Morgan fingerprint density at radius 3 is 2.04 bits per heavy atom. The number of hydrogen-bond donors (Lipinski definition) is 3. The van der Waals surface area contributed by atoms with E-state index in [-0.39, 0.29) is 43.9 Å². The quantitative estimate of drug-likeness (QED) is 0.498. The molecule has 0 atom stereocenters. The molecule has 3 rings (SSSR count). The lowest BCUT2D eigenvalue weighted by Gasteiger charge is -2.33. The van der Waals surface area contributed by atoms with E-state index in [0.717, 1.165) is 0 Å². The van der Waals surface area contributed by atoms with Crippen LogP contribution in [0, 0.1) is 0 Å². The van der Waals surface area contributed by atoms with Crippen molar-refractivity contribution in [3.05, 3.63) is 5.56 Å². The van der Waals surface area contributed by atoms with Crippen molar-refractivity contribution in [3.63, 3.8) is 0 Å². The zero-order valence-corrected chi connectivity index (χ0v) is 15.2. The van der Waals surface area contributed by atoms with Gasteiger partial charge in [0.05, 0.1) is 26.1 Å². The van der Waals surface area contributed by atoms with Crippen molar-refractivity contribution in [2.75, 3.05) is 61.4 Å². The zero-order chi connectivity index (χ0) is 19.4. The number of piperazine rings is 2. The monoisotopic (exact) mass is 377 g/mol. The molecule has 146 valence electrons. The Hall–Kier alpha value is -3.11. The molecule has 11 nitrogen and oxygen atoms in total. The lowest BCUT2D eigenvalue weighted by Crippen LogP contribution is -2.50. The number of nitrogen functional groups attached to an aromatic ring is 1. The summed E-state index contributed by atoms with van der Waals surface area (Å²) in [4.78, 5) is 47.9. The third-order valence-electron chi connectivity index (χ3n) is 4.28. The third kappa shape index (κ3) is 4.36. The number of rotatable bonds is 5. The van der Waals surface area contributed by atoms with Crippen molar-refractivity contribution in [1.29, 1.82) is 0 Å². The summed E-state index contributed by atoms with van der Waals surface area (Å²) in [6.07, 6.45) is -0.0744. The Balaban J connectivity index is 2.03. The van der Waals surface area contributed by atoms with Gasteiger partial charge in [0.2, 0.25) is 17.8 Å². The van der Waals surface area contributed by atoms with Crippen LogP contribution in [0.1, 0.15) is 12.5 Å². The minimum absolute atomic E-state index is 0.0181. The van der Waals surface area contributed by atoms with Gasteiger partial charge in [0, 0.05) is 31.7 Å². The number of carbonyl (C=O) groups is 3. The lowest BCUT2D eigenvalue weighted by atomic mass is 10.1. The number of anilines is 3. The normalized spacial score (nSPS) is 17.4. The number of hydrogen-bond acceptors (Lipinski definition) is 9. The number of nitrogens with two attached hydrogens (primary N) is 1. The molecule has 2 aliphatic rings. The third-order valence-corrected chi connectivity index (χ3v) is 4.28. The fraction of sp³-hybridized carbons (Fsp3) is 0.562. The van der Waals surface area contributed by atoms with E-state index in [1.54, 1.807) is 16.7 Å². The number of nitrogens with one attached hydrogen (secondary N) is 2. The molecular formula is C16H23N7O4. The number of esters is 1. The number of aromatic nitrogens is 2. The van der Waals surface area contributed by atoms with Crippen molar-refractivity contribution in [1.82, 2.24) is 20.6 Å². The van der Waals surface area contributed by atoms with E-state index in [1.165, 1.54) is 0 Å². The molecule has 1 aromatic heterocycles. The Kier molecular flexibility index (Phi) is 5.57. The van der Waals surface area contributed by atoms with Crippen molar-refractivity contribution < 1.29 is 19.1 Å². The second-order valence-electron chi connectivity index (χ2n) is 6.23. The van der Waals surface area contributed by atoms with Gasteiger partial charge in [-0.05, 0) is 6.92 Å². The average Bonchev–Trinajstić information content (AvgIpc) is 2.63. The first-order chi connectivity index (χ1) is 13.0. The molecule has 27 heavy (non-hydrogen) atoms. The van der Waals surface area contributed by atoms with Crippen molar-refractivity contribution >= 4 is 35.4 Å². The first kappa shape index (κ1) is 18.7. The van der Waals surface area contributed by atoms with Crippen LogP contribution in [0.3, 0.4) is 0 Å². The Morgan fingerprint density at radius 2 is 1.59 bits per heavy atom. The largest absolute Gasteiger partial charge is 0.466 e. The molecule has 0 bridgehead atoms. The van der Waals surface area contributed by atoms with Crippen molar-refractivity contribution in [2.24, 2.45) is 0 Å². The average molecular weight is 377 g/mol. The molecule has 1 aromatic rings. The van der Waals surface area contributed by atoms with E-state index in [1.807, 2.05) is 0 Å². The number of amides is 2. The van der Waals surface area contributed by atoms with Crippen molar-refractivity contribution in [3.8, 4) is 0 Å². The smallest absolute Gasteiger partial charge is 0.310 e. The number of carbonyl (C=O) groups excluding carboxylic acids is 3. The minimum Gasteiger partial charge on any atom is -0.466 e. The van der Waals surface area contributed by atoms with E-state index < -0.39 is 5.97 Å². The SMILES string of the molecule is CCOC(=O)Cc1c(N2CCNC(=O)C2)nc(N)nc1N1CCNC(=O)C1. The Labute approximate surface area is 156 Å². The number of nitrogens with zero attached hydrogens (tertiary/aromatic N) is 4. The number of ether oxygens (including phenoxy) is 1. The Bertz CT molecular complexity index is 705. The molecule has 2 aliphatic heterocycles. The van der Waals surface area contributed by atoms with Crippen LogP contribution in [0.4, 0.5) is 17.6 Å². The highest BCUT2D eigenvalue weighted by Gasteiger charge is 2.29. The van der Waals surface area contributed by atoms with Crippen LogP contribution in [0.2, 0.25) is 0 Å². The molecule has 0 aliphatic carbocycles. The van der Waals surface area contributed by atoms with Gasteiger partial charge in [0.25, 0.3) is 0 Å². The van der Waals surface area contributed by atoms with Gasteiger partial charge in [-0.1, -0.05) is 0 Å². The molecule has 0 unspecified atom stereocenters. The van der Waals surface area contributed by atoms with Gasteiger partial charge in [-0.2, -0.15) is 9.97 Å².